The van der Waals surface area contributed by atoms with Crippen molar-refractivity contribution in [2.75, 3.05) is 5.32 Å². The van der Waals surface area contributed by atoms with Gasteiger partial charge in [-0.25, -0.2) is 14.5 Å². The molecular formula is C12H15N5O2S. The third-order valence-electron chi connectivity index (χ3n) is 3.25. The highest BCUT2D eigenvalue weighted by molar-refractivity contribution is 7.13. The largest absolute Gasteiger partial charge is 0.346 e. The number of thiazole rings is 1. The van der Waals surface area contributed by atoms with Crippen LogP contribution >= 0.6 is 11.3 Å². The molecule has 0 radical (unpaired) electrons. The van der Waals surface area contributed by atoms with Gasteiger partial charge in [0.25, 0.3) is 0 Å². The molecule has 3 rings (SSSR count). The number of hydrogen-bond acceptors (Lipinski definition) is 5. The van der Waals surface area contributed by atoms with Gasteiger partial charge < -0.3 is 5.32 Å². The van der Waals surface area contributed by atoms with Gasteiger partial charge in [-0.1, -0.05) is 6.42 Å². The van der Waals surface area contributed by atoms with Crippen LogP contribution in [0.25, 0.3) is 0 Å². The van der Waals surface area contributed by atoms with E-state index >= 15 is 0 Å². The van der Waals surface area contributed by atoms with Crippen LogP contribution in [0.1, 0.15) is 25.1 Å². The third kappa shape index (κ3) is 2.64. The quantitative estimate of drug-likeness (QED) is 0.910. The summed E-state index contributed by atoms with van der Waals surface area (Å²) >= 11 is 1.34. The maximum atomic E-state index is 12.2. The average molecular weight is 293 g/mol. The lowest BCUT2D eigenvalue weighted by molar-refractivity contribution is -0.117. The summed E-state index contributed by atoms with van der Waals surface area (Å²) in [4.78, 5) is 28.0. The topological polar surface area (TPSA) is 81.8 Å². The van der Waals surface area contributed by atoms with Crippen LogP contribution in [0.15, 0.2) is 16.4 Å². The zero-order valence-corrected chi connectivity index (χ0v) is 11.7. The van der Waals surface area contributed by atoms with E-state index in [0.717, 1.165) is 31.5 Å². The molecule has 7 nitrogen and oxygen atoms in total. The van der Waals surface area contributed by atoms with Crippen molar-refractivity contribution in [2.24, 2.45) is 0 Å². The van der Waals surface area contributed by atoms with Gasteiger partial charge in [-0.3, -0.25) is 9.36 Å². The molecule has 0 aromatic carbocycles. The predicted octanol–water partition coefficient (Wildman–Crippen LogP) is 0.866. The van der Waals surface area contributed by atoms with Crippen LogP contribution in [0.3, 0.4) is 0 Å². The van der Waals surface area contributed by atoms with E-state index in [1.807, 2.05) is 0 Å². The highest BCUT2D eigenvalue weighted by Crippen LogP contribution is 2.11. The third-order valence-corrected chi connectivity index (χ3v) is 3.94. The number of anilines is 1. The van der Waals surface area contributed by atoms with Crippen LogP contribution in [0, 0.1) is 0 Å². The van der Waals surface area contributed by atoms with Gasteiger partial charge in [0, 0.05) is 24.5 Å². The molecule has 8 heteroatoms. The fourth-order valence-corrected chi connectivity index (χ4v) is 2.85. The molecule has 0 aliphatic carbocycles. The van der Waals surface area contributed by atoms with Crippen LogP contribution in [-0.4, -0.2) is 25.2 Å². The number of aryl methyl sites for hydroxylation is 1. The highest BCUT2D eigenvalue weighted by Gasteiger charge is 2.17. The monoisotopic (exact) mass is 293 g/mol. The molecule has 0 spiro atoms. The summed E-state index contributed by atoms with van der Waals surface area (Å²) in [5, 5.41) is 9.23. The summed E-state index contributed by atoms with van der Waals surface area (Å²) in [6.45, 7) is 0.626. The average Bonchev–Trinajstić information content (AvgIpc) is 2.94. The second-order valence-electron chi connectivity index (χ2n) is 4.70. The molecule has 0 atom stereocenters. The first-order valence-electron chi connectivity index (χ1n) is 6.60. The smallest absolute Gasteiger partial charge is 0.300 e. The van der Waals surface area contributed by atoms with Crippen molar-refractivity contribution in [2.45, 2.75) is 38.8 Å². The molecule has 3 heterocycles. The van der Waals surface area contributed by atoms with Crippen molar-refractivity contribution in [3.8, 4) is 0 Å². The Labute approximate surface area is 119 Å². The lowest BCUT2D eigenvalue weighted by Gasteiger charge is -2.01. The summed E-state index contributed by atoms with van der Waals surface area (Å²) in [7, 11) is 0. The first-order valence-corrected chi connectivity index (χ1v) is 7.48. The minimum atomic E-state index is -0.282. The van der Waals surface area contributed by atoms with Crippen molar-refractivity contribution < 1.29 is 4.79 Å². The summed E-state index contributed by atoms with van der Waals surface area (Å²) in [6.07, 6.45) is 5.57. The molecule has 1 N–H and O–H groups in total. The number of carbonyl (C=O) groups is 1. The number of hydrogen-bond donors (Lipinski definition) is 1. The zero-order valence-electron chi connectivity index (χ0n) is 10.9. The van der Waals surface area contributed by atoms with E-state index < -0.39 is 0 Å². The van der Waals surface area contributed by atoms with Crippen molar-refractivity contribution in [3.63, 3.8) is 0 Å². The van der Waals surface area contributed by atoms with Crippen molar-refractivity contribution in [1.29, 1.82) is 0 Å². The Kier molecular flexibility index (Phi) is 3.64. The summed E-state index contributed by atoms with van der Waals surface area (Å²) in [5.41, 5.74) is -0.198. The van der Waals surface area contributed by atoms with E-state index in [1.165, 1.54) is 16.0 Å². The summed E-state index contributed by atoms with van der Waals surface area (Å²) < 4.78 is 2.92. The molecule has 1 aliphatic heterocycles. The van der Waals surface area contributed by atoms with Gasteiger partial charge in [0.15, 0.2) is 5.13 Å². The van der Waals surface area contributed by atoms with E-state index in [-0.39, 0.29) is 18.1 Å². The maximum absolute atomic E-state index is 12.2. The Morgan fingerprint density at radius 3 is 3.10 bits per heavy atom. The minimum absolute atomic E-state index is 0.0710. The van der Waals surface area contributed by atoms with Crippen molar-refractivity contribution >= 4 is 22.4 Å². The van der Waals surface area contributed by atoms with Gasteiger partial charge in [0.1, 0.15) is 12.4 Å². The molecule has 1 amide bonds. The zero-order chi connectivity index (χ0) is 13.9. The van der Waals surface area contributed by atoms with E-state index in [4.69, 9.17) is 0 Å². The summed E-state index contributed by atoms with van der Waals surface area (Å²) in [5.74, 6) is 0.504. The number of nitrogens with zero attached hydrogens (tertiary/aromatic N) is 4. The lowest BCUT2D eigenvalue weighted by atomic mass is 10.2. The molecule has 106 valence electrons. The second kappa shape index (κ2) is 5.58. The number of rotatable bonds is 3. The Morgan fingerprint density at radius 1 is 1.40 bits per heavy atom. The van der Waals surface area contributed by atoms with E-state index in [0.29, 0.717) is 11.7 Å². The van der Waals surface area contributed by atoms with E-state index in [9.17, 15) is 9.59 Å². The first-order chi connectivity index (χ1) is 9.74. The molecule has 0 saturated carbocycles. The Morgan fingerprint density at radius 2 is 2.30 bits per heavy atom. The Hall–Kier alpha value is -1.96. The molecule has 0 fully saturated rings. The number of nitrogens with one attached hydrogen (secondary N) is 1. The van der Waals surface area contributed by atoms with Crippen molar-refractivity contribution in [1.82, 2.24) is 19.3 Å². The van der Waals surface area contributed by atoms with Gasteiger partial charge >= 0.3 is 5.69 Å². The van der Waals surface area contributed by atoms with Gasteiger partial charge in [-0.05, 0) is 12.8 Å². The van der Waals surface area contributed by atoms with Crippen LogP contribution in [0.4, 0.5) is 5.13 Å². The van der Waals surface area contributed by atoms with Crippen LogP contribution < -0.4 is 11.0 Å². The van der Waals surface area contributed by atoms with Gasteiger partial charge in [-0.2, -0.15) is 5.10 Å². The van der Waals surface area contributed by atoms with Gasteiger partial charge in [0.05, 0.1) is 0 Å². The molecule has 1 aliphatic rings. The van der Waals surface area contributed by atoms with Crippen molar-refractivity contribution in [3.05, 3.63) is 27.9 Å². The molecular weight excluding hydrogens is 278 g/mol. The fourth-order valence-electron chi connectivity index (χ4n) is 2.31. The van der Waals surface area contributed by atoms with Gasteiger partial charge in [0.2, 0.25) is 5.91 Å². The number of amides is 1. The van der Waals surface area contributed by atoms with E-state index in [1.54, 1.807) is 16.1 Å². The lowest BCUT2D eigenvalue weighted by Crippen LogP contribution is -2.30. The highest BCUT2D eigenvalue weighted by atomic mass is 32.1. The molecule has 0 unspecified atom stereocenters. The SMILES string of the molecule is O=C(Cn1nc2n(c1=O)CCCCC2)Nc1nccs1. The second-order valence-corrected chi connectivity index (χ2v) is 5.60. The standard InChI is InChI=1S/C12H15N5O2S/c18-10(14-11-13-5-7-20-11)8-17-12(19)16-6-3-1-2-4-9(16)15-17/h5,7H,1-4,6,8H2,(H,13,14,18). The summed E-state index contributed by atoms with van der Waals surface area (Å²) in [6, 6.07) is 0. The molecule has 2 aromatic heterocycles. The van der Waals surface area contributed by atoms with Gasteiger partial charge in [-0.15, -0.1) is 11.3 Å². The normalized spacial score (nSPS) is 14.6. The Balaban J connectivity index is 1.74. The minimum Gasteiger partial charge on any atom is -0.300 e. The van der Waals surface area contributed by atoms with Crippen LogP contribution in [0.5, 0.6) is 0 Å². The fraction of sp³-hybridized carbons (Fsp3) is 0.500. The molecule has 20 heavy (non-hydrogen) atoms. The molecule has 0 bridgehead atoms. The Bertz CT molecular complexity index is 658. The van der Waals surface area contributed by atoms with E-state index in [2.05, 4.69) is 15.4 Å². The van der Waals surface area contributed by atoms with Crippen LogP contribution in [-0.2, 0) is 24.3 Å². The first kappa shape index (κ1) is 13.0. The number of fused-ring (bicyclic) bond motifs is 1. The molecule has 2 aromatic rings. The maximum Gasteiger partial charge on any atom is 0.346 e. The van der Waals surface area contributed by atoms with Crippen LogP contribution in [0.2, 0.25) is 0 Å². The molecule has 0 saturated heterocycles. The number of aromatic nitrogens is 4. The number of carbonyl (C=O) groups excluding carboxylic acids is 1. The predicted molar refractivity (Wildman–Crippen MR) is 74.8 cm³/mol.